The molecule has 0 bridgehead atoms. The summed E-state index contributed by atoms with van der Waals surface area (Å²) in [6.07, 6.45) is 0.322. The fourth-order valence-electron chi connectivity index (χ4n) is 3.40. The lowest BCUT2D eigenvalue weighted by Crippen LogP contribution is -2.50. The second-order valence-electron chi connectivity index (χ2n) is 5.83. The topological polar surface area (TPSA) is 42.3 Å². The number of morpholine rings is 1. The van der Waals surface area contributed by atoms with Crippen LogP contribution in [0.15, 0.2) is 18.2 Å². The Labute approximate surface area is 128 Å². The molecular weight excluding hydrogens is 288 g/mol. The zero-order valence-corrected chi connectivity index (χ0v) is 12.8. The van der Waals surface area contributed by atoms with E-state index in [2.05, 4.69) is 21.8 Å². The third-order valence-electron chi connectivity index (χ3n) is 4.59. The molecule has 1 N–H and O–H groups in total. The van der Waals surface area contributed by atoms with Crippen LogP contribution in [-0.4, -0.2) is 52.8 Å². The third-order valence-corrected chi connectivity index (χ3v) is 4.82. The molecule has 6 heteroatoms. The van der Waals surface area contributed by atoms with Gasteiger partial charge in [0.25, 0.3) is 0 Å². The first-order chi connectivity index (χ1) is 10.2. The number of benzene rings is 1. The molecule has 0 amide bonds. The van der Waals surface area contributed by atoms with Crippen LogP contribution >= 0.6 is 11.6 Å². The number of rotatable bonds is 2. The van der Waals surface area contributed by atoms with Gasteiger partial charge in [-0.3, -0.25) is 4.90 Å². The Morgan fingerprint density at radius 1 is 1.43 bits per heavy atom. The van der Waals surface area contributed by atoms with Crippen molar-refractivity contribution in [3.63, 3.8) is 0 Å². The first kappa shape index (κ1) is 13.5. The van der Waals surface area contributed by atoms with E-state index in [-0.39, 0.29) is 0 Å². The number of hydrogen-bond acceptors (Lipinski definition) is 4. The van der Waals surface area contributed by atoms with Gasteiger partial charge in [-0.2, -0.15) is 0 Å². The van der Waals surface area contributed by atoms with Crippen LogP contribution in [0.3, 0.4) is 0 Å². The summed E-state index contributed by atoms with van der Waals surface area (Å²) in [5.41, 5.74) is 2.10. The molecule has 2 aliphatic heterocycles. The number of hydrogen-bond donors (Lipinski definition) is 1. The molecule has 2 aliphatic rings. The Kier molecular flexibility index (Phi) is 3.38. The first-order valence-electron chi connectivity index (χ1n) is 7.39. The standard InChI is InChI=1S/C15H19ClN4O/c1-19-12-3-2-10(16)6-11(12)18-15(19)9-20-4-5-21-14-8-17-7-13(14)20/h2-3,6,13-14,17H,4-5,7-9H2,1H3/t13-,14+/m1/s1. The summed E-state index contributed by atoms with van der Waals surface area (Å²) in [6, 6.07) is 6.34. The van der Waals surface area contributed by atoms with E-state index in [1.807, 2.05) is 18.2 Å². The first-order valence-corrected chi connectivity index (χ1v) is 7.77. The van der Waals surface area contributed by atoms with E-state index >= 15 is 0 Å². The number of imidazole rings is 1. The minimum Gasteiger partial charge on any atom is -0.374 e. The highest BCUT2D eigenvalue weighted by Crippen LogP contribution is 2.23. The Morgan fingerprint density at radius 3 is 3.24 bits per heavy atom. The highest BCUT2D eigenvalue weighted by molar-refractivity contribution is 6.31. The Balaban J connectivity index is 1.63. The van der Waals surface area contributed by atoms with Crippen molar-refractivity contribution in [2.75, 3.05) is 26.2 Å². The zero-order valence-electron chi connectivity index (χ0n) is 12.1. The molecule has 112 valence electrons. The SMILES string of the molecule is Cn1c(CN2CCO[C@H]3CNC[C@H]32)nc2cc(Cl)ccc21. The van der Waals surface area contributed by atoms with Crippen LogP contribution in [0.1, 0.15) is 5.82 Å². The Hall–Kier alpha value is -1.14. The molecule has 21 heavy (non-hydrogen) atoms. The van der Waals surface area contributed by atoms with Gasteiger partial charge in [0.2, 0.25) is 0 Å². The van der Waals surface area contributed by atoms with Gasteiger partial charge in [-0.25, -0.2) is 4.98 Å². The van der Waals surface area contributed by atoms with Crippen LogP contribution in [0.2, 0.25) is 5.02 Å². The van der Waals surface area contributed by atoms with E-state index in [0.717, 1.165) is 54.7 Å². The highest BCUT2D eigenvalue weighted by atomic mass is 35.5. The molecule has 2 fully saturated rings. The van der Waals surface area contributed by atoms with E-state index in [1.165, 1.54) is 0 Å². The van der Waals surface area contributed by atoms with Gasteiger partial charge < -0.3 is 14.6 Å². The summed E-state index contributed by atoms with van der Waals surface area (Å²) in [4.78, 5) is 7.24. The number of aryl methyl sites for hydroxylation is 1. The molecule has 3 heterocycles. The summed E-state index contributed by atoms with van der Waals surface area (Å²) in [6.45, 7) is 4.58. The van der Waals surface area contributed by atoms with E-state index in [1.54, 1.807) is 0 Å². The van der Waals surface area contributed by atoms with Crippen LogP contribution in [0.4, 0.5) is 0 Å². The molecule has 0 radical (unpaired) electrons. The lowest BCUT2D eigenvalue weighted by atomic mass is 10.1. The van der Waals surface area contributed by atoms with Crippen molar-refractivity contribution in [3.05, 3.63) is 29.0 Å². The summed E-state index contributed by atoms with van der Waals surface area (Å²) in [7, 11) is 2.07. The van der Waals surface area contributed by atoms with Gasteiger partial charge >= 0.3 is 0 Å². The van der Waals surface area contributed by atoms with Crippen molar-refractivity contribution < 1.29 is 4.74 Å². The second-order valence-corrected chi connectivity index (χ2v) is 6.26. The van der Waals surface area contributed by atoms with Crippen LogP contribution in [0.5, 0.6) is 0 Å². The van der Waals surface area contributed by atoms with Crippen molar-refractivity contribution in [2.24, 2.45) is 7.05 Å². The zero-order chi connectivity index (χ0) is 14.4. The highest BCUT2D eigenvalue weighted by Gasteiger charge is 2.36. The number of fused-ring (bicyclic) bond motifs is 2. The van der Waals surface area contributed by atoms with Gasteiger partial charge in [0.1, 0.15) is 5.82 Å². The smallest absolute Gasteiger partial charge is 0.123 e. The molecule has 0 spiro atoms. The molecule has 1 aromatic heterocycles. The summed E-state index contributed by atoms with van der Waals surface area (Å²) < 4.78 is 7.99. The minimum atomic E-state index is 0.322. The maximum Gasteiger partial charge on any atom is 0.123 e. The Morgan fingerprint density at radius 2 is 2.33 bits per heavy atom. The van der Waals surface area contributed by atoms with Crippen molar-refractivity contribution in [3.8, 4) is 0 Å². The molecule has 0 aliphatic carbocycles. The lowest BCUT2D eigenvalue weighted by Gasteiger charge is -2.36. The van der Waals surface area contributed by atoms with E-state index < -0.39 is 0 Å². The van der Waals surface area contributed by atoms with Crippen molar-refractivity contribution in [1.29, 1.82) is 0 Å². The molecular formula is C15H19ClN4O. The van der Waals surface area contributed by atoms with Gasteiger partial charge in [0, 0.05) is 31.7 Å². The van der Waals surface area contributed by atoms with Crippen molar-refractivity contribution in [1.82, 2.24) is 19.8 Å². The van der Waals surface area contributed by atoms with E-state index in [4.69, 9.17) is 21.3 Å². The van der Waals surface area contributed by atoms with Gasteiger partial charge in [0.05, 0.1) is 36.3 Å². The summed E-state index contributed by atoms with van der Waals surface area (Å²) >= 11 is 6.06. The predicted octanol–water partition coefficient (Wildman–Crippen LogP) is 1.40. The Bertz CT molecular complexity index is 671. The maximum atomic E-state index is 6.06. The van der Waals surface area contributed by atoms with E-state index in [0.29, 0.717) is 12.1 Å². The van der Waals surface area contributed by atoms with Gasteiger partial charge in [0.15, 0.2) is 0 Å². The number of nitrogens with one attached hydrogen (secondary N) is 1. The fourth-order valence-corrected chi connectivity index (χ4v) is 3.57. The summed E-state index contributed by atoms with van der Waals surface area (Å²) in [5, 5.41) is 4.15. The number of aromatic nitrogens is 2. The van der Waals surface area contributed by atoms with E-state index in [9.17, 15) is 0 Å². The second kappa shape index (κ2) is 5.25. The maximum absolute atomic E-state index is 6.06. The molecule has 2 aromatic rings. The predicted molar refractivity (Wildman–Crippen MR) is 82.5 cm³/mol. The number of nitrogens with zero attached hydrogens (tertiary/aromatic N) is 3. The van der Waals surface area contributed by atoms with Crippen LogP contribution in [-0.2, 0) is 18.3 Å². The normalized spacial score (nSPS) is 26.4. The summed E-state index contributed by atoms with van der Waals surface area (Å²) in [5.74, 6) is 1.08. The molecule has 0 unspecified atom stereocenters. The molecule has 0 saturated carbocycles. The van der Waals surface area contributed by atoms with Gasteiger partial charge in [-0.1, -0.05) is 11.6 Å². The molecule has 2 atom stereocenters. The van der Waals surface area contributed by atoms with Crippen molar-refractivity contribution >= 4 is 22.6 Å². The quantitative estimate of drug-likeness (QED) is 0.911. The largest absolute Gasteiger partial charge is 0.374 e. The third kappa shape index (κ3) is 2.34. The van der Waals surface area contributed by atoms with Crippen LogP contribution in [0.25, 0.3) is 11.0 Å². The van der Waals surface area contributed by atoms with Gasteiger partial charge in [-0.05, 0) is 18.2 Å². The average Bonchev–Trinajstić information content (AvgIpc) is 3.05. The molecule has 5 nitrogen and oxygen atoms in total. The van der Waals surface area contributed by atoms with Crippen LogP contribution < -0.4 is 5.32 Å². The molecule has 1 aromatic carbocycles. The lowest BCUT2D eigenvalue weighted by molar-refractivity contribution is -0.0510. The minimum absolute atomic E-state index is 0.322. The monoisotopic (exact) mass is 306 g/mol. The average molecular weight is 307 g/mol. The molecule has 2 saturated heterocycles. The van der Waals surface area contributed by atoms with Crippen LogP contribution in [0, 0.1) is 0 Å². The molecule has 4 rings (SSSR count). The number of halogens is 1. The van der Waals surface area contributed by atoms with Crippen molar-refractivity contribution in [2.45, 2.75) is 18.7 Å². The number of ether oxygens (including phenoxy) is 1. The van der Waals surface area contributed by atoms with Gasteiger partial charge in [-0.15, -0.1) is 0 Å². The fraction of sp³-hybridized carbons (Fsp3) is 0.533.